The average molecular weight is 497 g/mol. The summed E-state index contributed by atoms with van der Waals surface area (Å²) in [6.07, 6.45) is 6.60. The van der Waals surface area contributed by atoms with Crippen LogP contribution in [0, 0.1) is 0 Å². The number of ether oxygens (including phenoxy) is 3. The number of benzene rings is 2. The first-order valence-corrected chi connectivity index (χ1v) is 11.6. The molecule has 1 aliphatic rings. The van der Waals surface area contributed by atoms with E-state index in [0.717, 1.165) is 25.2 Å². The van der Waals surface area contributed by atoms with Gasteiger partial charge in [-0.25, -0.2) is 0 Å². The van der Waals surface area contributed by atoms with Gasteiger partial charge in [0.25, 0.3) is 0 Å². The van der Waals surface area contributed by atoms with Crippen LogP contribution in [0.15, 0.2) is 53.7 Å². The van der Waals surface area contributed by atoms with Gasteiger partial charge in [0, 0.05) is 19.6 Å². The Morgan fingerprint density at radius 2 is 1.56 bits per heavy atom. The number of oxime groups is 1. The van der Waals surface area contributed by atoms with Crippen LogP contribution in [0.25, 0.3) is 12.2 Å². The highest BCUT2D eigenvalue weighted by Gasteiger charge is 2.10. The number of ketones is 1. The second-order valence-corrected chi connectivity index (χ2v) is 8.04. The predicted molar refractivity (Wildman–Crippen MR) is 138 cm³/mol. The van der Waals surface area contributed by atoms with Crippen molar-refractivity contribution in [3.05, 3.63) is 59.7 Å². The average Bonchev–Trinajstić information content (AvgIpc) is 2.90. The van der Waals surface area contributed by atoms with Crippen molar-refractivity contribution in [2.45, 2.75) is 6.42 Å². The number of methoxy groups -OCH3 is 2. The van der Waals surface area contributed by atoms with Gasteiger partial charge in [-0.15, -0.1) is 0 Å². The number of hydrogen-bond donors (Lipinski definition) is 2. The zero-order valence-corrected chi connectivity index (χ0v) is 20.6. The molecule has 0 unspecified atom stereocenters. The van der Waals surface area contributed by atoms with Gasteiger partial charge < -0.3 is 29.3 Å². The number of phenolic OH excluding ortho intramolecular Hbond substituents is 2. The first-order valence-electron chi connectivity index (χ1n) is 11.6. The lowest BCUT2D eigenvalue weighted by molar-refractivity contribution is -0.113. The minimum absolute atomic E-state index is 0.0228. The number of rotatable bonds is 12. The summed E-state index contributed by atoms with van der Waals surface area (Å²) >= 11 is 0. The smallest absolute Gasteiger partial charge is 0.161 e. The van der Waals surface area contributed by atoms with E-state index in [2.05, 4.69) is 10.1 Å². The third-order valence-electron chi connectivity index (χ3n) is 5.48. The van der Waals surface area contributed by atoms with Gasteiger partial charge in [-0.1, -0.05) is 29.4 Å². The van der Waals surface area contributed by atoms with Gasteiger partial charge >= 0.3 is 0 Å². The molecular weight excluding hydrogens is 464 g/mol. The number of nitrogens with zero attached hydrogens (tertiary/aromatic N) is 2. The summed E-state index contributed by atoms with van der Waals surface area (Å²) in [6.45, 7) is 4.24. The molecule has 0 radical (unpaired) electrons. The lowest BCUT2D eigenvalue weighted by Crippen LogP contribution is -2.38. The number of allylic oxidation sites excluding steroid dienone is 2. The van der Waals surface area contributed by atoms with E-state index in [-0.39, 0.29) is 23.7 Å². The van der Waals surface area contributed by atoms with Gasteiger partial charge in [-0.3, -0.25) is 9.69 Å². The van der Waals surface area contributed by atoms with Crippen LogP contribution in [-0.2, 0) is 14.4 Å². The molecule has 0 bridgehead atoms. The Bertz CT molecular complexity index is 1110. The second-order valence-electron chi connectivity index (χ2n) is 8.04. The highest BCUT2D eigenvalue weighted by molar-refractivity contribution is 6.13. The summed E-state index contributed by atoms with van der Waals surface area (Å²) in [6, 6.07) is 9.78. The molecule has 2 N–H and O–H groups in total. The van der Waals surface area contributed by atoms with E-state index in [4.69, 9.17) is 19.0 Å². The van der Waals surface area contributed by atoms with Crippen molar-refractivity contribution in [3.8, 4) is 23.0 Å². The number of carbonyl (C=O) groups excluding carboxylic acids is 1. The largest absolute Gasteiger partial charge is 0.504 e. The van der Waals surface area contributed by atoms with Crippen LogP contribution in [0.1, 0.15) is 17.5 Å². The molecular formula is C27H32N2O7. The molecule has 1 saturated heterocycles. The highest BCUT2D eigenvalue weighted by atomic mass is 16.6. The lowest BCUT2D eigenvalue weighted by atomic mass is 10.1. The molecule has 3 rings (SSSR count). The molecule has 0 spiro atoms. The molecule has 1 fully saturated rings. The fourth-order valence-corrected chi connectivity index (χ4v) is 3.46. The van der Waals surface area contributed by atoms with E-state index in [1.807, 2.05) is 0 Å². The Morgan fingerprint density at radius 3 is 2.14 bits per heavy atom. The molecule has 36 heavy (non-hydrogen) atoms. The van der Waals surface area contributed by atoms with E-state index in [9.17, 15) is 15.0 Å². The number of carbonyl (C=O) groups is 1. The number of phenols is 2. The van der Waals surface area contributed by atoms with Crippen LogP contribution < -0.4 is 9.47 Å². The van der Waals surface area contributed by atoms with Crippen molar-refractivity contribution in [1.82, 2.24) is 4.90 Å². The minimum Gasteiger partial charge on any atom is -0.504 e. The van der Waals surface area contributed by atoms with E-state index >= 15 is 0 Å². The highest BCUT2D eigenvalue weighted by Crippen LogP contribution is 2.27. The third-order valence-corrected chi connectivity index (χ3v) is 5.48. The maximum atomic E-state index is 12.7. The second kappa shape index (κ2) is 13.9. The SMILES string of the molecule is COc1cc(C=CC(=O)CC(C=Cc2ccc(O)c(OC)c2)=NOCCN2CCOCC2)ccc1O. The lowest BCUT2D eigenvalue weighted by Gasteiger charge is -2.25. The van der Waals surface area contributed by atoms with Crippen LogP contribution in [0.5, 0.6) is 23.0 Å². The topological polar surface area (TPSA) is 110 Å². The zero-order valence-electron chi connectivity index (χ0n) is 20.6. The van der Waals surface area contributed by atoms with Crippen molar-refractivity contribution in [1.29, 1.82) is 0 Å². The first kappa shape index (κ1) is 26.8. The van der Waals surface area contributed by atoms with E-state index < -0.39 is 0 Å². The standard InChI is InChI=1S/C27H32N2O7/c1-33-26-17-20(5-9-24(26)31)3-7-22(28-36-16-13-29-11-14-35-15-12-29)19-23(30)8-4-21-6-10-25(32)27(18-21)34-2/h3-10,17-18,31-32H,11-16,19H2,1-2H3. The van der Waals surface area contributed by atoms with Crippen molar-refractivity contribution in [2.75, 3.05) is 53.7 Å². The molecule has 2 aromatic rings. The van der Waals surface area contributed by atoms with Crippen molar-refractivity contribution >= 4 is 23.6 Å². The predicted octanol–water partition coefficient (Wildman–Crippen LogP) is 3.51. The molecule has 0 atom stereocenters. The van der Waals surface area contributed by atoms with Gasteiger partial charge in [0.15, 0.2) is 28.8 Å². The van der Waals surface area contributed by atoms with Gasteiger partial charge in [-0.2, -0.15) is 0 Å². The summed E-state index contributed by atoms with van der Waals surface area (Å²) in [7, 11) is 2.94. The quantitative estimate of drug-likeness (QED) is 0.199. The maximum Gasteiger partial charge on any atom is 0.161 e. The molecule has 1 heterocycles. The van der Waals surface area contributed by atoms with E-state index in [1.54, 1.807) is 42.5 Å². The number of hydrogen-bond acceptors (Lipinski definition) is 9. The summed E-state index contributed by atoms with van der Waals surface area (Å²) in [5.74, 6) is 0.570. The van der Waals surface area contributed by atoms with Crippen LogP contribution in [0.4, 0.5) is 0 Å². The first-order chi connectivity index (χ1) is 17.5. The van der Waals surface area contributed by atoms with Gasteiger partial charge in [0.05, 0.1) is 39.6 Å². The van der Waals surface area contributed by atoms with Crippen LogP contribution >= 0.6 is 0 Å². The molecule has 1 aliphatic heterocycles. The molecule has 9 heteroatoms. The summed E-state index contributed by atoms with van der Waals surface area (Å²) in [4.78, 5) is 20.4. The fraction of sp³-hybridized carbons (Fsp3) is 0.333. The van der Waals surface area contributed by atoms with Gasteiger partial charge in [0.2, 0.25) is 0 Å². The Balaban J connectivity index is 1.68. The van der Waals surface area contributed by atoms with Gasteiger partial charge in [-0.05, 0) is 47.5 Å². The summed E-state index contributed by atoms with van der Waals surface area (Å²) < 4.78 is 15.6. The molecule has 0 aromatic heterocycles. The zero-order chi connectivity index (χ0) is 25.8. The summed E-state index contributed by atoms with van der Waals surface area (Å²) in [5, 5.41) is 23.7. The van der Waals surface area contributed by atoms with Crippen molar-refractivity contribution in [3.63, 3.8) is 0 Å². The molecule has 0 aliphatic carbocycles. The molecule has 9 nitrogen and oxygen atoms in total. The van der Waals surface area contributed by atoms with E-state index in [0.29, 0.717) is 42.6 Å². The van der Waals surface area contributed by atoms with Gasteiger partial charge in [0.1, 0.15) is 6.61 Å². The van der Waals surface area contributed by atoms with Crippen LogP contribution in [0.2, 0.25) is 0 Å². The molecule has 0 amide bonds. The summed E-state index contributed by atoms with van der Waals surface area (Å²) in [5.41, 5.74) is 1.93. The number of aromatic hydroxyl groups is 2. The Labute approximate surface area is 210 Å². The Morgan fingerprint density at radius 1 is 0.972 bits per heavy atom. The normalized spacial score (nSPS) is 14.9. The van der Waals surface area contributed by atoms with Crippen molar-refractivity contribution in [2.24, 2.45) is 5.16 Å². The fourth-order valence-electron chi connectivity index (χ4n) is 3.46. The van der Waals surface area contributed by atoms with E-state index in [1.165, 1.54) is 32.4 Å². The minimum atomic E-state index is -0.175. The molecule has 2 aromatic carbocycles. The number of morpholine rings is 1. The van der Waals surface area contributed by atoms with Crippen LogP contribution in [0.3, 0.4) is 0 Å². The Hall–Kier alpha value is -3.82. The van der Waals surface area contributed by atoms with Crippen molar-refractivity contribution < 1.29 is 34.1 Å². The monoisotopic (exact) mass is 496 g/mol. The Kier molecular flexibility index (Phi) is 10.3. The van der Waals surface area contributed by atoms with Crippen LogP contribution in [-0.4, -0.2) is 80.3 Å². The third kappa shape index (κ3) is 8.44. The maximum absolute atomic E-state index is 12.7. The molecule has 0 saturated carbocycles. The molecule has 192 valence electrons.